The zero-order valence-electron chi connectivity index (χ0n) is 14.3. The van der Waals surface area contributed by atoms with Crippen molar-refractivity contribution in [2.24, 2.45) is 0 Å². The maximum Gasteiger partial charge on any atom is 0.251 e. The average Bonchev–Trinajstić information content (AvgIpc) is 2.57. The molecule has 25 heavy (non-hydrogen) atoms. The van der Waals surface area contributed by atoms with Crippen LogP contribution < -0.4 is 10.0 Å². The number of rotatable bonds is 6. The molecule has 6 nitrogen and oxygen atoms in total. The summed E-state index contributed by atoms with van der Waals surface area (Å²) in [6.07, 6.45) is 8.10. The third kappa shape index (κ3) is 6.15. The maximum absolute atomic E-state index is 12.4. The normalized spacial score (nSPS) is 16.4. The van der Waals surface area contributed by atoms with Gasteiger partial charge in [0, 0.05) is 24.6 Å². The first-order valence-corrected chi connectivity index (χ1v) is 10.3. The number of nitrogens with one attached hydrogen (secondary N) is 2. The molecule has 1 aromatic rings. The molecule has 1 saturated carbocycles. The van der Waals surface area contributed by atoms with E-state index < -0.39 is 10.0 Å². The van der Waals surface area contributed by atoms with Gasteiger partial charge in [-0.2, -0.15) is 5.26 Å². The van der Waals surface area contributed by atoms with Crippen molar-refractivity contribution in [3.8, 4) is 6.07 Å². The highest BCUT2D eigenvalue weighted by atomic mass is 32.2. The summed E-state index contributed by atoms with van der Waals surface area (Å²) in [5.41, 5.74) is 0.457. The third-order valence-corrected chi connectivity index (χ3v) is 5.87. The number of carbonyl (C=O) groups excluding carboxylic acids is 1. The van der Waals surface area contributed by atoms with Crippen LogP contribution in [0.1, 0.15) is 61.7 Å². The summed E-state index contributed by atoms with van der Waals surface area (Å²) in [4.78, 5) is 12.5. The van der Waals surface area contributed by atoms with Crippen LogP contribution in [0.25, 0.3) is 0 Å². The van der Waals surface area contributed by atoms with Crippen LogP contribution in [0.5, 0.6) is 0 Å². The van der Waals surface area contributed by atoms with Crippen LogP contribution in [0.3, 0.4) is 0 Å². The van der Waals surface area contributed by atoms with E-state index in [1.165, 1.54) is 43.5 Å². The second-order valence-corrected chi connectivity index (χ2v) is 8.11. The lowest BCUT2D eigenvalue weighted by molar-refractivity contribution is 0.0930. The molecular formula is C18H25N3O3S. The lowest BCUT2D eigenvalue weighted by atomic mass is 9.96. The van der Waals surface area contributed by atoms with E-state index in [0.29, 0.717) is 5.56 Å². The minimum absolute atomic E-state index is 0.0722. The summed E-state index contributed by atoms with van der Waals surface area (Å²) >= 11 is 0. The molecule has 0 heterocycles. The standard InChI is InChI=1S/C18H25N3O3S/c19-13-6-14-20-25(23,24)17-11-9-15(10-12-17)18(22)21-16-7-4-2-1-3-5-8-16/h9-12,16,20H,1-8,14H2,(H,21,22). The molecule has 0 saturated heterocycles. The van der Waals surface area contributed by atoms with E-state index in [9.17, 15) is 13.2 Å². The highest BCUT2D eigenvalue weighted by Gasteiger charge is 2.17. The summed E-state index contributed by atoms with van der Waals surface area (Å²) in [7, 11) is -3.64. The SMILES string of the molecule is N#CCCNS(=O)(=O)c1ccc(C(=O)NC2CCCCCCC2)cc1. The molecule has 2 N–H and O–H groups in total. The van der Waals surface area contributed by atoms with Gasteiger partial charge in [-0.15, -0.1) is 0 Å². The Labute approximate surface area is 149 Å². The topological polar surface area (TPSA) is 99.1 Å². The Morgan fingerprint density at radius 1 is 1.08 bits per heavy atom. The molecule has 0 aromatic heterocycles. The lowest BCUT2D eigenvalue weighted by Gasteiger charge is -2.21. The third-order valence-electron chi connectivity index (χ3n) is 4.40. The molecule has 136 valence electrons. The maximum atomic E-state index is 12.4. The van der Waals surface area contributed by atoms with E-state index in [-0.39, 0.29) is 29.8 Å². The van der Waals surface area contributed by atoms with Gasteiger partial charge < -0.3 is 5.32 Å². The molecule has 0 aliphatic heterocycles. The molecular weight excluding hydrogens is 338 g/mol. The van der Waals surface area contributed by atoms with Crippen LogP contribution in [-0.4, -0.2) is 26.9 Å². The van der Waals surface area contributed by atoms with Gasteiger partial charge in [0.05, 0.1) is 11.0 Å². The van der Waals surface area contributed by atoms with Crippen molar-refractivity contribution in [1.82, 2.24) is 10.0 Å². The number of benzene rings is 1. The van der Waals surface area contributed by atoms with E-state index in [4.69, 9.17) is 5.26 Å². The number of nitrogens with zero attached hydrogens (tertiary/aromatic N) is 1. The van der Waals surface area contributed by atoms with Gasteiger partial charge in [-0.25, -0.2) is 13.1 Å². The number of hydrogen-bond donors (Lipinski definition) is 2. The van der Waals surface area contributed by atoms with Crippen LogP contribution in [0.15, 0.2) is 29.2 Å². The fourth-order valence-electron chi connectivity index (χ4n) is 2.98. The Bertz CT molecular complexity index is 700. The number of hydrogen-bond acceptors (Lipinski definition) is 4. The average molecular weight is 363 g/mol. The summed E-state index contributed by atoms with van der Waals surface area (Å²) in [5.74, 6) is -0.160. The Kier molecular flexibility index (Phi) is 7.41. The first-order valence-electron chi connectivity index (χ1n) is 8.80. The summed E-state index contributed by atoms with van der Waals surface area (Å²) < 4.78 is 26.5. The number of nitriles is 1. The highest BCUT2D eigenvalue weighted by molar-refractivity contribution is 7.89. The van der Waals surface area contributed by atoms with E-state index in [1.807, 2.05) is 6.07 Å². The van der Waals surface area contributed by atoms with Gasteiger partial charge in [0.25, 0.3) is 5.91 Å². The van der Waals surface area contributed by atoms with Crippen LogP contribution in [0, 0.1) is 11.3 Å². The van der Waals surface area contributed by atoms with Crippen molar-refractivity contribution in [2.75, 3.05) is 6.54 Å². The molecule has 1 aliphatic rings. The largest absolute Gasteiger partial charge is 0.349 e. The van der Waals surface area contributed by atoms with Gasteiger partial charge in [0.2, 0.25) is 10.0 Å². The van der Waals surface area contributed by atoms with E-state index >= 15 is 0 Å². The molecule has 1 aliphatic carbocycles. The molecule has 0 spiro atoms. The minimum Gasteiger partial charge on any atom is -0.349 e. The molecule has 0 atom stereocenters. The van der Waals surface area contributed by atoms with E-state index in [0.717, 1.165) is 25.7 Å². The van der Waals surface area contributed by atoms with Crippen molar-refractivity contribution in [2.45, 2.75) is 62.3 Å². The second kappa shape index (κ2) is 9.54. The summed E-state index contributed by atoms with van der Waals surface area (Å²) in [6.45, 7) is 0.0722. The molecule has 0 bridgehead atoms. The van der Waals surface area contributed by atoms with Crippen molar-refractivity contribution in [1.29, 1.82) is 5.26 Å². The van der Waals surface area contributed by atoms with Gasteiger partial charge in [-0.3, -0.25) is 4.79 Å². The van der Waals surface area contributed by atoms with Crippen molar-refractivity contribution < 1.29 is 13.2 Å². The number of carbonyl (C=O) groups is 1. The molecule has 0 radical (unpaired) electrons. The van der Waals surface area contributed by atoms with Crippen molar-refractivity contribution in [3.05, 3.63) is 29.8 Å². The van der Waals surface area contributed by atoms with Crippen LogP contribution >= 0.6 is 0 Å². The van der Waals surface area contributed by atoms with E-state index in [1.54, 1.807) is 0 Å². The quantitative estimate of drug-likeness (QED) is 0.759. The fourth-order valence-corrected chi connectivity index (χ4v) is 4.01. The summed E-state index contributed by atoms with van der Waals surface area (Å²) in [5, 5.41) is 11.5. The molecule has 7 heteroatoms. The predicted octanol–water partition coefficient (Wildman–Crippen LogP) is 2.72. The number of sulfonamides is 1. The zero-order valence-corrected chi connectivity index (χ0v) is 15.1. The van der Waals surface area contributed by atoms with Crippen LogP contribution in [-0.2, 0) is 10.0 Å². The predicted molar refractivity (Wildman–Crippen MR) is 95.4 cm³/mol. The monoisotopic (exact) mass is 363 g/mol. The van der Waals surface area contributed by atoms with E-state index in [2.05, 4.69) is 10.0 Å². The Hall–Kier alpha value is -1.91. The van der Waals surface area contributed by atoms with Crippen LogP contribution in [0.2, 0.25) is 0 Å². The fraction of sp³-hybridized carbons (Fsp3) is 0.556. The summed E-state index contributed by atoms with van der Waals surface area (Å²) in [6, 6.07) is 7.97. The Morgan fingerprint density at radius 3 is 2.28 bits per heavy atom. The van der Waals surface area contributed by atoms with Gasteiger partial charge in [-0.05, 0) is 37.1 Å². The van der Waals surface area contributed by atoms with Gasteiger partial charge in [0.1, 0.15) is 0 Å². The smallest absolute Gasteiger partial charge is 0.251 e. The molecule has 1 aromatic carbocycles. The molecule has 1 amide bonds. The highest BCUT2D eigenvalue weighted by Crippen LogP contribution is 2.18. The Balaban J connectivity index is 1.96. The van der Waals surface area contributed by atoms with Gasteiger partial charge in [-0.1, -0.05) is 32.1 Å². The van der Waals surface area contributed by atoms with Crippen molar-refractivity contribution >= 4 is 15.9 Å². The molecule has 1 fully saturated rings. The lowest BCUT2D eigenvalue weighted by Crippen LogP contribution is -2.35. The molecule has 0 unspecified atom stereocenters. The minimum atomic E-state index is -3.64. The second-order valence-electron chi connectivity index (χ2n) is 6.35. The first-order chi connectivity index (χ1) is 12.0. The van der Waals surface area contributed by atoms with Gasteiger partial charge >= 0.3 is 0 Å². The van der Waals surface area contributed by atoms with Crippen molar-refractivity contribution in [3.63, 3.8) is 0 Å². The van der Waals surface area contributed by atoms with Gasteiger partial charge in [0.15, 0.2) is 0 Å². The number of amides is 1. The Morgan fingerprint density at radius 2 is 1.68 bits per heavy atom. The molecule has 2 rings (SSSR count). The van der Waals surface area contributed by atoms with Crippen LogP contribution in [0.4, 0.5) is 0 Å². The zero-order chi connectivity index (χ0) is 18.1. The first kappa shape index (κ1) is 19.4.